The molecule has 0 aliphatic rings. The van der Waals surface area contributed by atoms with Crippen LogP contribution in [-0.4, -0.2) is 25.3 Å². The molecule has 2 aromatic carbocycles. The molecule has 2 rings (SSSR count). The summed E-state index contributed by atoms with van der Waals surface area (Å²) in [5, 5.41) is 2.63. The van der Waals surface area contributed by atoms with E-state index in [0.29, 0.717) is 29.6 Å². The SMILES string of the molecule is O=Cc1ccc(OCC(=O)NCCc2ccc(C(F)(F)F)cc2)cc1. The Morgan fingerprint density at radius 1 is 1.04 bits per heavy atom. The number of nitrogens with one attached hydrogen (secondary N) is 1. The average Bonchev–Trinajstić information content (AvgIpc) is 2.60. The van der Waals surface area contributed by atoms with Crippen molar-refractivity contribution in [1.29, 1.82) is 0 Å². The van der Waals surface area contributed by atoms with Crippen molar-refractivity contribution in [2.45, 2.75) is 12.6 Å². The molecule has 0 heterocycles. The molecular formula is C18H16F3NO3. The van der Waals surface area contributed by atoms with E-state index in [1.54, 1.807) is 24.3 Å². The van der Waals surface area contributed by atoms with Crippen molar-refractivity contribution in [3.05, 3.63) is 65.2 Å². The molecule has 25 heavy (non-hydrogen) atoms. The van der Waals surface area contributed by atoms with E-state index in [9.17, 15) is 22.8 Å². The van der Waals surface area contributed by atoms with Crippen LogP contribution in [0, 0.1) is 0 Å². The Hall–Kier alpha value is -2.83. The highest BCUT2D eigenvalue weighted by Crippen LogP contribution is 2.29. The topological polar surface area (TPSA) is 55.4 Å². The number of benzene rings is 2. The molecule has 1 N–H and O–H groups in total. The highest BCUT2D eigenvalue weighted by atomic mass is 19.4. The fourth-order valence-corrected chi connectivity index (χ4v) is 2.05. The molecule has 0 fully saturated rings. The first-order valence-electron chi connectivity index (χ1n) is 7.49. The molecule has 0 aromatic heterocycles. The van der Waals surface area contributed by atoms with E-state index in [-0.39, 0.29) is 19.1 Å². The molecular weight excluding hydrogens is 335 g/mol. The monoisotopic (exact) mass is 351 g/mol. The van der Waals surface area contributed by atoms with Crippen molar-refractivity contribution >= 4 is 12.2 Å². The van der Waals surface area contributed by atoms with Crippen LogP contribution >= 0.6 is 0 Å². The maximum Gasteiger partial charge on any atom is 0.416 e. The second kappa shape index (κ2) is 8.32. The van der Waals surface area contributed by atoms with E-state index < -0.39 is 11.7 Å². The summed E-state index contributed by atoms with van der Waals surface area (Å²) >= 11 is 0. The third-order valence-corrected chi connectivity index (χ3v) is 3.40. The van der Waals surface area contributed by atoms with E-state index in [1.165, 1.54) is 12.1 Å². The standard InChI is InChI=1S/C18H16F3NO3/c19-18(20,21)15-5-1-13(2-6-15)9-10-22-17(24)12-25-16-7-3-14(11-23)4-8-16/h1-8,11H,9-10,12H2,(H,22,24). The fraction of sp³-hybridized carbons (Fsp3) is 0.222. The Balaban J connectivity index is 1.72. The Kier molecular flexibility index (Phi) is 6.16. The lowest BCUT2D eigenvalue weighted by Gasteiger charge is -2.09. The zero-order valence-corrected chi connectivity index (χ0v) is 13.2. The second-order valence-electron chi connectivity index (χ2n) is 5.27. The van der Waals surface area contributed by atoms with Crippen molar-refractivity contribution in [2.24, 2.45) is 0 Å². The molecule has 1 amide bonds. The molecule has 0 radical (unpaired) electrons. The van der Waals surface area contributed by atoms with Gasteiger partial charge in [0.05, 0.1) is 5.56 Å². The molecule has 4 nitrogen and oxygen atoms in total. The number of alkyl halides is 3. The maximum atomic E-state index is 12.5. The molecule has 0 spiro atoms. The summed E-state index contributed by atoms with van der Waals surface area (Å²) in [5.41, 5.74) is 0.501. The van der Waals surface area contributed by atoms with Gasteiger partial charge in [-0.25, -0.2) is 0 Å². The number of rotatable bonds is 7. The second-order valence-corrected chi connectivity index (χ2v) is 5.27. The van der Waals surface area contributed by atoms with Crippen molar-refractivity contribution < 1.29 is 27.5 Å². The smallest absolute Gasteiger partial charge is 0.416 e. The number of amides is 1. The van der Waals surface area contributed by atoms with E-state index in [2.05, 4.69) is 5.32 Å². The van der Waals surface area contributed by atoms with E-state index in [0.717, 1.165) is 12.1 Å². The van der Waals surface area contributed by atoms with Gasteiger partial charge in [-0.05, 0) is 48.4 Å². The van der Waals surface area contributed by atoms with Crippen LogP contribution in [0.15, 0.2) is 48.5 Å². The first kappa shape index (κ1) is 18.5. The van der Waals surface area contributed by atoms with Gasteiger partial charge in [-0.1, -0.05) is 12.1 Å². The number of carbonyl (C=O) groups is 2. The van der Waals surface area contributed by atoms with Crippen molar-refractivity contribution in [3.8, 4) is 5.75 Å². The maximum absolute atomic E-state index is 12.5. The molecule has 7 heteroatoms. The van der Waals surface area contributed by atoms with Crippen LogP contribution in [0.1, 0.15) is 21.5 Å². The van der Waals surface area contributed by atoms with Gasteiger partial charge in [0.25, 0.3) is 5.91 Å². The van der Waals surface area contributed by atoms with Gasteiger partial charge in [0.1, 0.15) is 12.0 Å². The summed E-state index contributed by atoms with van der Waals surface area (Å²) in [4.78, 5) is 22.2. The van der Waals surface area contributed by atoms with E-state index in [4.69, 9.17) is 4.74 Å². The summed E-state index contributed by atoms with van der Waals surface area (Å²) in [6, 6.07) is 11.1. The van der Waals surface area contributed by atoms with Gasteiger partial charge in [-0.3, -0.25) is 9.59 Å². The van der Waals surface area contributed by atoms with Crippen molar-refractivity contribution in [3.63, 3.8) is 0 Å². The quantitative estimate of drug-likeness (QED) is 0.779. The molecule has 0 saturated carbocycles. The predicted octanol–water partition coefficient (Wildman–Crippen LogP) is 3.26. The number of halogens is 3. The zero-order chi connectivity index (χ0) is 18.3. The third-order valence-electron chi connectivity index (χ3n) is 3.40. The summed E-state index contributed by atoms with van der Waals surface area (Å²) in [5.74, 6) is 0.120. The molecule has 0 bridgehead atoms. The summed E-state index contributed by atoms with van der Waals surface area (Å²) in [7, 11) is 0. The lowest BCUT2D eigenvalue weighted by Crippen LogP contribution is -2.30. The molecule has 2 aromatic rings. The van der Waals surface area contributed by atoms with Crippen molar-refractivity contribution in [1.82, 2.24) is 5.32 Å². The molecule has 0 atom stereocenters. The Labute approximate surface area is 142 Å². The fourth-order valence-electron chi connectivity index (χ4n) is 2.05. The van der Waals surface area contributed by atoms with E-state index >= 15 is 0 Å². The normalized spacial score (nSPS) is 11.0. The van der Waals surface area contributed by atoms with Gasteiger partial charge >= 0.3 is 6.18 Å². The van der Waals surface area contributed by atoms with Gasteiger partial charge in [-0.15, -0.1) is 0 Å². The number of aldehydes is 1. The predicted molar refractivity (Wildman–Crippen MR) is 85.5 cm³/mol. The van der Waals surface area contributed by atoms with Crippen LogP contribution < -0.4 is 10.1 Å². The van der Waals surface area contributed by atoms with Gasteiger partial charge in [0.2, 0.25) is 0 Å². The Morgan fingerprint density at radius 3 is 2.24 bits per heavy atom. The number of hydrogen-bond donors (Lipinski definition) is 1. The van der Waals surface area contributed by atoms with Gasteiger partial charge in [-0.2, -0.15) is 13.2 Å². The summed E-state index contributed by atoms with van der Waals surface area (Å²) in [6.07, 6.45) is -3.23. The highest BCUT2D eigenvalue weighted by Gasteiger charge is 2.29. The Bertz CT molecular complexity index is 710. The van der Waals surface area contributed by atoms with Crippen LogP contribution in [0.5, 0.6) is 5.75 Å². The van der Waals surface area contributed by atoms with E-state index in [1.807, 2.05) is 0 Å². The minimum atomic E-state index is -4.35. The first-order chi connectivity index (χ1) is 11.9. The molecule has 132 valence electrons. The van der Waals surface area contributed by atoms with Crippen LogP contribution in [0.25, 0.3) is 0 Å². The highest BCUT2D eigenvalue weighted by molar-refractivity contribution is 5.77. The van der Waals surface area contributed by atoms with Gasteiger partial charge in [0.15, 0.2) is 6.61 Å². The minimum Gasteiger partial charge on any atom is -0.484 e. The van der Waals surface area contributed by atoms with Gasteiger partial charge in [0, 0.05) is 12.1 Å². The van der Waals surface area contributed by atoms with Crippen LogP contribution in [0.3, 0.4) is 0 Å². The molecule has 0 saturated heterocycles. The first-order valence-corrected chi connectivity index (χ1v) is 7.49. The Morgan fingerprint density at radius 2 is 1.68 bits per heavy atom. The third kappa shape index (κ3) is 5.95. The summed E-state index contributed by atoms with van der Waals surface area (Å²) < 4.78 is 42.6. The molecule has 0 aliphatic heterocycles. The lowest BCUT2D eigenvalue weighted by atomic mass is 10.1. The van der Waals surface area contributed by atoms with Crippen LogP contribution in [0.4, 0.5) is 13.2 Å². The zero-order valence-electron chi connectivity index (χ0n) is 13.2. The molecule has 0 unspecified atom stereocenters. The van der Waals surface area contributed by atoms with Gasteiger partial charge < -0.3 is 10.1 Å². The number of hydrogen-bond acceptors (Lipinski definition) is 3. The van der Waals surface area contributed by atoms with Crippen molar-refractivity contribution in [2.75, 3.05) is 13.2 Å². The van der Waals surface area contributed by atoms with Crippen LogP contribution in [-0.2, 0) is 17.4 Å². The lowest BCUT2D eigenvalue weighted by molar-refractivity contribution is -0.137. The number of carbonyl (C=O) groups excluding carboxylic acids is 2. The number of ether oxygens (including phenoxy) is 1. The largest absolute Gasteiger partial charge is 0.484 e. The van der Waals surface area contributed by atoms with Crippen LogP contribution in [0.2, 0.25) is 0 Å². The molecule has 0 aliphatic carbocycles. The summed E-state index contributed by atoms with van der Waals surface area (Å²) in [6.45, 7) is 0.102. The minimum absolute atomic E-state index is 0.187. The average molecular weight is 351 g/mol.